The molecule has 2 aromatic rings. The fraction of sp³-hybridized carbons (Fsp3) is 0.312. The molecule has 2 heterocycles. The molecule has 0 unspecified atom stereocenters. The summed E-state index contributed by atoms with van der Waals surface area (Å²) >= 11 is 0. The molecule has 1 aliphatic heterocycles. The lowest BCUT2D eigenvalue weighted by Crippen LogP contribution is -2.25. The van der Waals surface area contributed by atoms with E-state index in [9.17, 15) is 4.79 Å². The van der Waals surface area contributed by atoms with Gasteiger partial charge in [-0.15, -0.1) is 0 Å². The smallest absolute Gasteiger partial charge is 0.262 e. The average molecular weight is 268 g/mol. The van der Waals surface area contributed by atoms with E-state index in [0.29, 0.717) is 0 Å². The Morgan fingerprint density at radius 3 is 2.60 bits per heavy atom. The Balaban J connectivity index is 1.73. The fourth-order valence-electron chi connectivity index (χ4n) is 3.00. The van der Waals surface area contributed by atoms with Crippen molar-refractivity contribution >= 4 is 11.6 Å². The molecule has 1 aliphatic carbocycles. The van der Waals surface area contributed by atoms with E-state index in [1.807, 2.05) is 18.2 Å². The van der Waals surface area contributed by atoms with E-state index in [1.54, 1.807) is 0 Å². The van der Waals surface area contributed by atoms with Gasteiger partial charge in [0.1, 0.15) is 5.75 Å². The van der Waals surface area contributed by atoms with Crippen molar-refractivity contribution in [2.24, 2.45) is 0 Å². The number of carbonyl (C=O) groups is 1. The van der Waals surface area contributed by atoms with Gasteiger partial charge in [-0.05, 0) is 55.0 Å². The number of hydrogen-bond acceptors (Lipinski definition) is 2. The van der Waals surface area contributed by atoms with Gasteiger partial charge < -0.3 is 14.6 Å². The number of nitrogens with zero attached hydrogens (tertiary/aromatic N) is 1. The lowest BCUT2D eigenvalue weighted by Gasteiger charge is -2.18. The first kappa shape index (κ1) is 11.6. The van der Waals surface area contributed by atoms with Gasteiger partial charge in [-0.1, -0.05) is 0 Å². The lowest BCUT2D eigenvalue weighted by atomic mass is 9.96. The van der Waals surface area contributed by atoms with Crippen molar-refractivity contribution in [3.63, 3.8) is 0 Å². The molecular formula is C16H16N2O2. The summed E-state index contributed by atoms with van der Waals surface area (Å²) in [5, 5.41) is 2.85. The topological polar surface area (TPSA) is 43.3 Å². The first-order chi connectivity index (χ1) is 9.79. The quantitative estimate of drug-likeness (QED) is 0.864. The Morgan fingerprint density at radius 2 is 1.85 bits per heavy atom. The van der Waals surface area contributed by atoms with Crippen LogP contribution in [0.15, 0.2) is 30.6 Å². The highest BCUT2D eigenvalue weighted by molar-refractivity contribution is 5.95. The summed E-state index contributed by atoms with van der Waals surface area (Å²) in [5.41, 5.74) is 4.72. The second-order valence-corrected chi connectivity index (χ2v) is 5.44. The summed E-state index contributed by atoms with van der Waals surface area (Å²) in [6, 6.07) is 5.92. The maximum atomic E-state index is 11.4. The van der Waals surface area contributed by atoms with Crippen LogP contribution in [0, 0.1) is 0 Å². The Labute approximate surface area is 117 Å². The summed E-state index contributed by atoms with van der Waals surface area (Å²) < 4.78 is 7.54. The number of fused-ring (bicyclic) bond motifs is 2. The van der Waals surface area contributed by atoms with Crippen molar-refractivity contribution in [1.29, 1.82) is 0 Å². The Kier molecular flexibility index (Phi) is 2.55. The van der Waals surface area contributed by atoms with Crippen LogP contribution in [0.3, 0.4) is 0 Å². The predicted molar refractivity (Wildman–Crippen MR) is 76.5 cm³/mol. The van der Waals surface area contributed by atoms with Gasteiger partial charge in [-0.3, -0.25) is 4.79 Å². The fourth-order valence-corrected chi connectivity index (χ4v) is 3.00. The molecule has 4 rings (SSSR count). The van der Waals surface area contributed by atoms with Crippen LogP contribution < -0.4 is 10.1 Å². The first-order valence-corrected chi connectivity index (χ1v) is 7.06. The van der Waals surface area contributed by atoms with Crippen LogP contribution in [0.4, 0.5) is 5.69 Å². The largest absolute Gasteiger partial charge is 0.482 e. The summed E-state index contributed by atoms with van der Waals surface area (Å²) in [4.78, 5) is 11.4. The van der Waals surface area contributed by atoms with Crippen LogP contribution in [-0.4, -0.2) is 17.1 Å². The molecule has 0 bridgehead atoms. The number of anilines is 1. The van der Waals surface area contributed by atoms with E-state index in [1.165, 1.54) is 36.8 Å². The second kappa shape index (κ2) is 4.40. The summed E-state index contributed by atoms with van der Waals surface area (Å²) in [7, 11) is 0. The summed E-state index contributed by atoms with van der Waals surface area (Å²) in [6.07, 6.45) is 9.33. The van der Waals surface area contributed by atoms with Gasteiger partial charge in [0.25, 0.3) is 5.91 Å². The van der Waals surface area contributed by atoms with Crippen molar-refractivity contribution in [2.45, 2.75) is 25.7 Å². The number of hydrogen-bond donors (Lipinski definition) is 1. The highest BCUT2D eigenvalue weighted by atomic mass is 16.5. The number of ether oxygens (including phenoxy) is 1. The van der Waals surface area contributed by atoms with Crippen molar-refractivity contribution in [3.8, 4) is 11.4 Å². The SMILES string of the molecule is O=C1COc2ccc(-n3cc4c(c3)CCCC4)cc2N1. The van der Waals surface area contributed by atoms with Gasteiger partial charge in [-0.2, -0.15) is 0 Å². The van der Waals surface area contributed by atoms with Gasteiger partial charge in [0.2, 0.25) is 0 Å². The molecular weight excluding hydrogens is 252 g/mol. The molecule has 4 nitrogen and oxygen atoms in total. The molecule has 4 heteroatoms. The zero-order chi connectivity index (χ0) is 13.5. The standard InChI is InChI=1S/C16H16N2O2/c19-16-10-20-15-6-5-13(7-14(15)17-16)18-8-11-3-1-2-4-12(11)9-18/h5-9H,1-4,10H2,(H,17,19). The van der Waals surface area contributed by atoms with Crippen LogP contribution in [0.25, 0.3) is 5.69 Å². The van der Waals surface area contributed by atoms with Crippen LogP contribution in [0.5, 0.6) is 5.75 Å². The van der Waals surface area contributed by atoms with E-state index < -0.39 is 0 Å². The normalized spacial score (nSPS) is 16.9. The highest BCUT2D eigenvalue weighted by Gasteiger charge is 2.17. The van der Waals surface area contributed by atoms with Gasteiger partial charge in [0.05, 0.1) is 5.69 Å². The number of benzene rings is 1. The number of rotatable bonds is 1. The second-order valence-electron chi connectivity index (χ2n) is 5.44. The zero-order valence-electron chi connectivity index (χ0n) is 11.2. The van der Waals surface area contributed by atoms with E-state index in [-0.39, 0.29) is 12.5 Å². The third-order valence-corrected chi connectivity index (χ3v) is 4.04. The molecule has 1 N–H and O–H groups in total. The molecule has 102 valence electrons. The van der Waals surface area contributed by atoms with Crippen molar-refractivity contribution in [1.82, 2.24) is 4.57 Å². The maximum absolute atomic E-state index is 11.4. The zero-order valence-corrected chi connectivity index (χ0v) is 11.2. The first-order valence-electron chi connectivity index (χ1n) is 7.06. The predicted octanol–water partition coefficient (Wildman–Crippen LogP) is 2.69. The number of aromatic nitrogens is 1. The number of amides is 1. The van der Waals surface area contributed by atoms with Crippen molar-refractivity contribution in [3.05, 3.63) is 41.7 Å². The highest BCUT2D eigenvalue weighted by Crippen LogP contribution is 2.31. The van der Waals surface area contributed by atoms with E-state index in [0.717, 1.165) is 17.1 Å². The molecule has 1 aromatic carbocycles. The van der Waals surface area contributed by atoms with Crippen LogP contribution in [0.1, 0.15) is 24.0 Å². The van der Waals surface area contributed by atoms with Gasteiger partial charge >= 0.3 is 0 Å². The third-order valence-electron chi connectivity index (χ3n) is 4.04. The van der Waals surface area contributed by atoms with E-state index >= 15 is 0 Å². The monoisotopic (exact) mass is 268 g/mol. The van der Waals surface area contributed by atoms with E-state index in [2.05, 4.69) is 22.3 Å². The third kappa shape index (κ3) is 1.88. The van der Waals surface area contributed by atoms with Crippen LogP contribution >= 0.6 is 0 Å². The van der Waals surface area contributed by atoms with Crippen LogP contribution in [0.2, 0.25) is 0 Å². The maximum Gasteiger partial charge on any atom is 0.262 e. The molecule has 1 aromatic heterocycles. The minimum absolute atomic E-state index is 0.0959. The Bertz CT molecular complexity index is 664. The van der Waals surface area contributed by atoms with Gasteiger partial charge in [0.15, 0.2) is 6.61 Å². The van der Waals surface area contributed by atoms with Crippen molar-refractivity contribution in [2.75, 3.05) is 11.9 Å². The molecule has 0 atom stereocenters. The number of nitrogens with one attached hydrogen (secondary N) is 1. The molecule has 2 aliphatic rings. The Morgan fingerprint density at radius 1 is 1.10 bits per heavy atom. The molecule has 0 spiro atoms. The molecule has 0 radical (unpaired) electrons. The minimum Gasteiger partial charge on any atom is -0.482 e. The molecule has 0 saturated heterocycles. The summed E-state index contributed by atoms with van der Waals surface area (Å²) in [5.74, 6) is 0.645. The molecule has 1 amide bonds. The average Bonchev–Trinajstić information content (AvgIpc) is 2.90. The molecule has 0 fully saturated rings. The van der Waals surface area contributed by atoms with Gasteiger partial charge in [0, 0.05) is 18.1 Å². The van der Waals surface area contributed by atoms with Gasteiger partial charge in [-0.25, -0.2) is 0 Å². The number of aryl methyl sites for hydroxylation is 2. The van der Waals surface area contributed by atoms with E-state index in [4.69, 9.17) is 4.74 Å². The minimum atomic E-state index is -0.0959. The number of carbonyl (C=O) groups excluding carboxylic acids is 1. The Hall–Kier alpha value is -2.23. The van der Waals surface area contributed by atoms with Crippen LogP contribution in [-0.2, 0) is 17.6 Å². The molecule has 0 saturated carbocycles. The molecule has 20 heavy (non-hydrogen) atoms. The lowest BCUT2D eigenvalue weighted by molar-refractivity contribution is -0.118. The summed E-state index contributed by atoms with van der Waals surface area (Å²) in [6.45, 7) is 0.101. The van der Waals surface area contributed by atoms with Crippen molar-refractivity contribution < 1.29 is 9.53 Å².